The van der Waals surface area contributed by atoms with Gasteiger partial charge in [-0.25, -0.2) is 23.1 Å². The van der Waals surface area contributed by atoms with Crippen LogP contribution in [-0.2, 0) is 14.8 Å². The third-order valence-electron chi connectivity index (χ3n) is 7.25. The largest absolute Gasteiger partial charge is 0.493 e. The van der Waals surface area contributed by atoms with Gasteiger partial charge in [-0.1, -0.05) is 25.8 Å². The van der Waals surface area contributed by atoms with Crippen molar-refractivity contribution in [1.82, 2.24) is 14.7 Å². The van der Waals surface area contributed by atoms with Gasteiger partial charge in [0.05, 0.1) is 10.7 Å². The van der Waals surface area contributed by atoms with Crippen molar-refractivity contribution in [2.24, 2.45) is 5.92 Å². The summed E-state index contributed by atoms with van der Waals surface area (Å²) in [7, 11) is -3.74. The molecular weight excluding hydrogens is 526 g/mol. The number of ether oxygens (including phenoxy) is 1. The van der Waals surface area contributed by atoms with Crippen molar-refractivity contribution in [2.45, 2.75) is 95.6 Å². The first kappa shape index (κ1) is 30.0. The van der Waals surface area contributed by atoms with Gasteiger partial charge in [-0.15, -0.1) is 0 Å². The van der Waals surface area contributed by atoms with Crippen LogP contribution in [0.3, 0.4) is 0 Å². The molecule has 0 unspecified atom stereocenters. The minimum absolute atomic E-state index is 0.123. The van der Waals surface area contributed by atoms with Gasteiger partial charge in [0.25, 0.3) is 5.91 Å². The van der Waals surface area contributed by atoms with Gasteiger partial charge in [0.15, 0.2) is 0 Å². The smallest absolute Gasteiger partial charge is 0.274 e. The monoisotopic (exact) mass is 569 g/mol. The highest BCUT2D eigenvalue weighted by atomic mass is 32.2. The van der Waals surface area contributed by atoms with Crippen LogP contribution in [0, 0.1) is 12.8 Å². The maximum atomic E-state index is 13.2. The third kappa shape index (κ3) is 8.51. The van der Waals surface area contributed by atoms with Crippen LogP contribution in [0.1, 0.15) is 88.2 Å². The molecule has 0 bridgehead atoms. The van der Waals surface area contributed by atoms with Gasteiger partial charge >= 0.3 is 0 Å². The van der Waals surface area contributed by atoms with E-state index in [1.807, 2.05) is 20.8 Å². The Bertz CT molecular complexity index is 1310. The molecule has 2 saturated carbocycles. The lowest BCUT2D eigenvalue weighted by molar-refractivity contribution is 0.0483. The van der Waals surface area contributed by atoms with E-state index in [0.29, 0.717) is 35.4 Å². The van der Waals surface area contributed by atoms with Crippen molar-refractivity contribution in [3.63, 3.8) is 0 Å². The summed E-state index contributed by atoms with van der Waals surface area (Å²) in [5.41, 5.74) is 1.06. The number of nitrogens with one attached hydrogen (secondary N) is 2. The average molecular weight is 570 g/mol. The summed E-state index contributed by atoms with van der Waals surface area (Å²) < 4.78 is 33.9. The fourth-order valence-corrected chi connectivity index (χ4v) is 6.17. The van der Waals surface area contributed by atoms with Crippen LogP contribution >= 0.6 is 0 Å². The molecule has 9 nitrogen and oxygen atoms in total. The topological polar surface area (TPSA) is 114 Å². The lowest BCUT2D eigenvalue weighted by Gasteiger charge is -2.35. The highest BCUT2D eigenvalue weighted by molar-refractivity contribution is 7.89. The molecule has 2 fully saturated rings. The van der Waals surface area contributed by atoms with Gasteiger partial charge in [-0.3, -0.25) is 4.79 Å². The highest BCUT2D eigenvalue weighted by Gasteiger charge is 2.30. The summed E-state index contributed by atoms with van der Waals surface area (Å²) in [6.45, 7) is 12.5. The van der Waals surface area contributed by atoms with E-state index >= 15 is 0 Å². The minimum Gasteiger partial charge on any atom is -0.493 e. The predicted molar refractivity (Wildman–Crippen MR) is 158 cm³/mol. The fourth-order valence-electron chi connectivity index (χ4n) is 5.05. The average Bonchev–Trinajstić information content (AvgIpc) is 3.72. The number of aromatic nitrogens is 2. The molecule has 2 aliphatic carbocycles. The number of amides is 1. The number of rotatable bonds is 12. The van der Waals surface area contributed by atoms with Crippen LogP contribution < -0.4 is 14.9 Å². The van der Waals surface area contributed by atoms with Gasteiger partial charge in [-0.05, 0) is 83.1 Å². The molecule has 2 aromatic rings. The molecule has 1 aromatic carbocycles. The summed E-state index contributed by atoms with van der Waals surface area (Å²) in [6.07, 6.45) is 10.4. The molecule has 1 amide bonds. The van der Waals surface area contributed by atoms with Crippen molar-refractivity contribution < 1.29 is 17.9 Å². The van der Waals surface area contributed by atoms with Gasteiger partial charge < -0.3 is 15.0 Å². The SMILES string of the molecule is C=C(CCNS(=O)(=O)c1ccc(NC(=O)c2cc(N(CC3CC3)C3CCCCC3)ncn2)c(C)c1)OC(C)(C)C. The second-order valence-electron chi connectivity index (χ2n) is 12.0. The number of anilines is 2. The van der Waals surface area contributed by atoms with Gasteiger partial charge in [-0.2, -0.15) is 0 Å². The van der Waals surface area contributed by atoms with Crippen LogP contribution in [0.2, 0.25) is 0 Å². The molecular formula is C30H43N5O4S. The molecule has 1 heterocycles. The Kier molecular flexibility index (Phi) is 9.51. The first-order chi connectivity index (χ1) is 18.9. The highest BCUT2D eigenvalue weighted by Crippen LogP contribution is 2.34. The second-order valence-corrected chi connectivity index (χ2v) is 13.7. The standard InChI is InChI=1S/C30H43N5O4S/c1-21-17-25(40(37,38)33-16-15-22(2)39-30(3,4)5)13-14-26(21)34-29(36)27-18-28(32-20-31-27)35(19-23-11-12-23)24-9-7-6-8-10-24/h13-14,17-18,20,23-24,33H,2,6-12,15-16,19H2,1,3-5H3,(H,34,36). The van der Waals surface area contributed by atoms with E-state index in [1.54, 1.807) is 25.1 Å². The van der Waals surface area contributed by atoms with Gasteiger partial charge in [0.1, 0.15) is 23.4 Å². The molecule has 40 heavy (non-hydrogen) atoms. The van der Waals surface area contributed by atoms with Crippen molar-refractivity contribution in [1.29, 1.82) is 0 Å². The molecule has 2 aliphatic rings. The predicted octanol–water partition coefficient (Wildman–Crippen LogP) is 5.58. The molecule has 0 spiro atoms. The van der Waals surface area contributed by atoms with E-state index in [9.17, 15) is 13.2 Å². The zero-order valence-electron chi connectivity index (χ0n) is 24.2. The van der Waals surface area contributed by atoms with Gasteiger partial charge in [0.2, 0.25) is 10.0 Å². The summed E-state index contributed by atoms with van der Waals surface area (Å²) in [6, 6.07) is 6.87. The molecule has 0 aliphatic heterocycles. The van der Waals surface area contributed by atoms with E-state index in [2.05, 4.69) is 31.5 Å². The van der Waals surface area contributed by atoms with Crippen LogP contribution in [0.5, 0.6) is 0 Å². The van der Waals surface area contributed by atoms with Crippen molar-refractivity contribution in [2.75, 3.05) is 23.3 Å². The number of hydrogen-bond donors (Lipinski definition) is 2. The Morgan fingerprint density at radius 3 is 2.48 bits per heavy atom. The first-order valence-electron chi connectivity index (χ1n) is 14.3. The van der Waals surface area contributed by atoms with Crippen LogP contribution in [0.15, 0.2) is 47.8 Å². The molecule has 2 N–H and O–H groups in total. The lowest BCUT2D eigenvalue weighted by Crippen LogP contribution is -2.39. The number of hydrogen-bond acceptors (Lipinski definition) is 7. The van der Waals surface area contributed by atoms with Crippen molar-refractivity contribution in [3.8, 4) is 0 Å². The molecule has 1 aromatic heterocycles. The molecule has 0 atom stereocenters. The minimum atomic E-state index is -3.74. The normalized spacial score (nSPS) is 16.4. The third-order valence-corrected chi connectivity index (χ3v) is 8.71. The van der Waals surface area contributed by atoms with E-state index in [4.69, 9.17) is 4.74 Å². The summed E-state index contributed by atoms with van der Waals surface area (Å²) in [4.78, 5) is 24.5. The Labute approximate surface area is 238 Å². The molecule has 0 saturated heterocycles. The van der Waals surface area contributed by atoms with E-state index in [0.717, 1.165) is 25.2 Å². The fraction of sp³-hybridized carbons (Fsp3) is 0.567. The quantitative estimate of drug-likeness (QED) is 0.321. The Morgan fingerprint density at radius 2 is 1.82 bits per heavy atom. The number of carbonyl (C=O) groups is 1. The zero-order valence-corrected chi connectivity index (χ0v) is 25.0. The summed E-state index contributed by atoms with van der Waals surface area (Å²) >= 11 is 0. The number of benzene rings is 1. The Morgan fingerprint density at radius 1 is 1.10 bits per heavy atom. The number of carbonyl (C=O) groups excluding carboxylic acids is 1. The number of sulfonamides is 1. The first-order valence-corrected chi connectivity index (χ1v) is 15.8. The second kappa shape index (κ2) is 12.7. The van der Waals surface area contributed by atoms with Crippen LogP contribution in [0.25, 0.3) is 0 Å². The van der Waals surface area contributed by atoms with Crippen LogP contribution in [-0.4, -0.2) is 49.0 Å². The van der Waals surface area contributed by atoms with E-state index < -0.39 is 10.0 Å². The number of aryl methyl sites for hydroxylation is 1. The molecule has 4 rings (SSSR count). The van der Waals surface area contributed by atoms with E-state index in [1.165, 1.54) is 44.5 Å². The van der Waals surface area contributed by atoms with Crippen LogP contribution in [0.4, 0.5) is 11.5 Å². The molecule has 10 heteroatoms. The Hall–Kier alpha value is -2.98. The van der Waals surface area contributed by atoms with Gasteiger partial charge in [0, 0.05) is 37.3 Å². The summed E-state index contributed by atoms with van der Waals surface area (Å²) in [5, 5.41) is 2.89. The maximum Gasteiger partial charge on any atom is 0.274 e. The van der Waals surface area contributed by atoms with Crippen molar-refractivity contribution in [3.05, 3.63) is 54.2 Å². The molecule has 218 valence electrons. The lowest BCUT2D eigenvalue weighted by atomic mass is 9.94. The maximum absolute atomic E-state index is 13.2. The van der Waals surface area contributed by atoms with E-state index in [-0.39, 0.29) is 28.6 Å². The molecule has 0 radical (unpaired) electrons. The summed E-state index contributed by atoms with van der Waals surface area (Å²) in [5.74, 6) is 1.68. The zero-order chi connectivity index (χ0) is 28.9. The van der Waals surface area contributed by atoms with Crippen molar-refractivity contribution >= 4 is 27.4 Å². The Balaban J connectivity index is 1.40. The number of nitrogens with zero attached hydrogens (tertiary/aromatic N) is 3.